The monoisotopic (exact) mass is 322 g/mol. The molecule has 2 heterocycles. The van der Waals surface area contributed by atoms with Gasteiger partial charge in [-0.3, -0.25) is 9.67 Å². The van der Waals surface area contributed by atoms with E-state index in [0.29, 0.717) is 19.7 Å². The number of aryl methyl sites for hydroxylation is 1. The quantitative estimate of drug-likeness (QED) is 0.638. The summed E-state index contributed by atoms with van der Waals surface area (Å²) in [6, 6.07) is 0. The number of hydrogen-bond acceptors (Lipinski definition) is 4. The van der Waals surface area contributed by atoms with E-state index in [2.05, 4.69) is 20.3 Å². The highest BCUT2D eigenvalue weighted by molar-refractivity contribution is 5.80. The third kappa shape index (κ3) is 4.87. The van der Waals surface area contributed by atoms with Crippen LogP contribution in [0.15, 0.2) is 17.4 Å². The minimum atomic E-state index is -0.230. The van der Waals surface area contributed by atoms with Crippen molar-refractivity contribution < 1.29 is 9.53 Å². The molecule has 2 rings (SSSR count). The van der Waals surface area contributed by atoms with Crippen molar-refractivity contribution in [3.63, 3.8) is 0 Å². The zero-order valence-electron chi connectivity index (χ0n) is 14.2. The van der Waals surface area contributed by atoms with E-state index in [1.54, 1.807) is 16.6 Å². The van der Waals surface area contributed by atoms with Gasteiger partial charge in [-0.25, -0.2) is 4.79 Å². The number of ether oxygens (including phenoxy) is 1. The molecule has 1 saturated heterocycles. The minimum Gasteiger partial charge on any atom is -0.450 e. The smallest absolute Gasteiger partial charge is 0.409 e. The molecule has 1 amide bonds. The lowest BCUT2D eigenvalue weighted by Crippen LogP contribution is -2.54. The number of nitrogens with one attached hydrogen (secondary N) is 1. The summed E-state index contributed by atoms with van der Waals surface area (Å²) in [6.07, 6.45) is 4.56. The molecular weight excluding hydrogens is 296 g/mol. The number of hydrogen-bond donors (Lipinski definition) is 1. The van der Waals surface area contributed by atoms with Crippen LogP contribution in [0.1, 0.15) is 12.5 Å². The normalized spacial score (nSPS) is 15.7. The van der Waals surface area contributed by atoms with E-state index < -0.39 is 0 Å². The van der Waals surface area contributed by atoms with Crippen molar-refractivity contribution in [2.75, 3.05) is 46.4 Å². The van der Waals surface area contributed by atoms with Gasteiger partial charge in [0.1, 0.15) is 0 Å². The highest BCUT2D eigenvalue weighted by Crippen LogP contribution is 2.04. The maximum absolute atomic E-state index is 11.7. The van der Waals surface area contributed by atoms with Crippen molar-refractivity contribution in [3.05, 3.63) is 18.0 Å². The molecule has 1 aromatic rings. The van der Waals surface area contributed by atoms with Crippen molar-refractivity contribution in [2.45, 2.75) is 13.3 Å². The van der Waals surface area contributed by atoms with Crippen molar-refractivity contribution in [1.82, 2.24) is 24.9 Å². The van der Waals surface area contributed by atoms with Crippen LogP contribution in [0, 0.1) is 0 Å². The van der Waals surface area contributed by atoms with Crippen molar-refractivity contribution >= 4 is 12.1 Å². The van der Waals surface area contributed by atoms with Crippen LogP contribution in [0.3, 0.4) is 0 Å². The van der Waals surface area contributed by atoms with E-state index in [4.69, 9.17) is 4.74 Å². The van der Waals surface area contributed by atoms with E-state index in [1.807, 2.05) is 26.4 Å². The Bertz CT molecular complexity index is 534. The SMILES string of the molecule is CCOC(=O)N1CCN(C(=NC)NCCc2cnn(C)c2)CC1. The lowest BCUT2D eigenvalue weighted by Gasteiger charge is -2.35. The van der Waals surface area contributed by atoms with Gasteiger partial charge in [0.25, 0.3) is 0 Å². The molecule has 0 radical (unpaired) electrons. The number of piperazine rings is 1. The highest BCUT2D eigenvalue weighted by Gasteiger charge is 2.23. The summed E-state index contributed by atoms with van der Waals surface area (Å²) in [7, 11) is 3.70. The molecule has 1 aliphatic heterocycles. The largest absolute Gasteiger partial charge is 0.450 e. The maximum Gasteiger partial charge on any atom is 0.409 e. The number of carbonyl (C=O) groups is 1. The van der Waals surface area contributed by atoms with Crippen LogP contribution in [0.25, 0.3) is 0 Å². The summed E-state index contributed by atoms with van der Waals surface area (Å²) in [5, 5.41) is 7.53. The Morgan fingerprint density at radius 2 is 2.04 bits per heavy atom. The highest BCUT2D eigenvalue weighted by atomic mass is 16.6. The van der Waals surface area contributed by atoms with E-state index in [9.17, 15) is 4.79 Å². The number of aromatic nitrogens is 2. The van der Waals surface area contributed by atoms with Crippen LogP contribution >= 0.6 is 0 Å². The lowest BCUT2D eigenvalue weighted by molar-refractivity contribution is 0.0915. The average Bonchev–Trinajstić information content (AvgIpc) is 2.97. The van der Waals surface area contributed by atoms with Crippen LogP contribution < -0.4 is 5.32 Å². The molecule has 0 aromatic carbocycles. The Hall–Kier alpha value is -2.25. The van der Waals surface area contributed by atoms with Gasteiger partial charge >= 0.3 is 6.09 Å². The molecule has 0 aliphatic carbocycles. The van der Waals surface area contributed by atoms with Gasteiger partial charge in [0, 0.05) is 53.0 Å². The molecule has 128 valence electrons. The summed E-state index contributed by atoms with van der Waals surface area (Å²) in [4.78, 5) is 19.9. The summed E-state index contributed by atoms with van der Waals surface area (Å²) in [5.41, 5.74) is 1.20. The van der Waals surface area contributed by atoms with Crippen molar-refractivity contribution in [1.29, 1.82) is 0 Å². The molecule has 1 N–H and O–H groups in total. The third-order valence-electron chi connectivity index (χ3n) is 3.77. The number of guanidine groups is 1. The second-order valence-electron chi connectivity index (χ2n) is 5.42. The standard InChI is InChI=1S/C15H26N6O2/c1-4-23-15(22)21-9-7-20(8-10-21)14(16-2)17-6-5-13-11-18-19(3)12-13/h11-12H,4-10H2,1-3H3,(H,16,17). The predicted molar refractivity (Wildman–Crippen MR) is 88.4 cm³/mol. The molecule has 0 spiro atoms. The second-order valence-corrected chi connectivity index (χ2v) is 5.42. The van der Waals surface area contributed by atoms with E-state index in [1.165, 1.54) is 5.56 Å². The van der Waals surface area contributed by atoms with Crippen LogP contribution in [-0.4, -0.2) is 78.0 Å². The summed E-state index contributed by atoms with van der Waals surface area (Å²) in [5.74, 6) is 0.873. The van der Waals surface area contributed by atoms with Crippen LogP contribution in [0.5, 0.6) is 0 Å². The first-order chi connectivity index (χ1) is 11.1. The molecular formula is C15H26N6O2. The molecule has 8 heteroatoms. The van der Waals surface area contributed by atoms with E-state index in [0.717, 1.165) is 32.0 Å². The van der Waals surface area contributed by atoms with Gasteiger partial charge in [-0.15, -0.1) is 0 Å². The number of nitrogens with zero attached hydrogens (tertiary/aromatic N) is 5. The molecule has 1 aromatic heterocycles. The fourth-order valence-electron chi connectivity index (χ4n) is 2.57. The topological polar surface area (TPSA) is 75.0 Å². The van der Waals surface area contributed by atoms with Crippen LogP contribution in [-0.2, 0) is 18.2 Å². The zero-order chi connectivity index (χ0) is 16.7. The first-order valence-electron chi connectivity index (χ1n) is 7.99. The first-order valence-corrected chi connectivity index (χ1v) is 7.99. The van der Waals surface area contributed by atoms with Gasteiger partial charge in [0.2, 0.25) is 0 Å². The van der Waals surface area contributed by atoms with E-state index in [-0.39, 0.29) is 6.09 Å². The van der Waals surface area contributed by atoms with Gasteiger partial charge in [-0.05, 0) is 18.9 Å². The minimum absolute atomic E-state index is 0.230. The Balaban J connectivity index is 1.75. The van der Waals surface area contributed by atoms with Gasteiger partial charge < -0.3 is 19.9 Å². The Kier molecular flexibility index (Phi) is 6.25. The van der Waals surface area contributed by atoms with Crippen LogP contribution in [0.4, 0.5) is 4.79 Å². The molecule has 0 atom stereocenters. The summed E-state index contributed by atoms with van der Waals surface area (Å²) in [6.45, 7) is 5.86. The first kappa shape index (κ1) is 17.1. The Labute approximate surface area is 137 Å². The van der Waals surface area contributed by atoms with Gasteiger partial charge in [0.05, 0.1) is 12.8 Å². The van der Waals surface area contributed by atoms with Crippen molar-refractivity contribution in [3.8, 4) is 0 Å². The van der Waals surface area contributed by atoms with Crippen LogP contribution in [0.2, 0.25) is 0 Å². The second kappa shape index (κ2) is 8.40. The predicted octanol–water partition coefficient (Wildman–Crippen LogP) is 0.312. The summed E-state index contributed by atoms with van der Waals surface area (Å²) < 4.78 is 6.84. The molecule has 0 bridgehead atoms. The molecule has 0 saturated carbocycles. The van der Waals surface area contributed by atoms with Crippen molar-refractivity contribution in [2.24, 2.45) is 12.0 Å². The number of carbonyl (C=O) groups excluding carboxylic acids is 1. The maximum atomic E-state index is 11.7. The molecule has 1 aliphatic rings. The Morgan fingerprint density at radius 1 is 1.35 bits per heavy atom. The zero-order valence-corrected chi connectivity index (χ0v) is 14.2. The number of aliphatic imine (C=N–C) groups is 1. The summed E-state index contributed by atoms with van der Waals surface area (Å²) >= 11 is 0. The lowest BCUT2D eigenvalue weighted by atomic mass is 10.2. The molecule has 0 unspecified atom stereocenters. The average molecular weight is 322 g/mol. The molecule has 23 heavy (non-hydrogen) atoms. The number of amides is 1. The molecule has 1 fully saturated rings. The fourth-order valence-corrected chi connectivity index (χ4v) is 2.57. The van der Waals surface area contributed by atoms with E-state index >= 15 is 0 Å². The third-order valence-corrected chi connectivity index (χ3v) is 3.77. The fraction of sp³-hybridized carbons (Fsp3) is 0.667. The van der Waals surface area contributed by atoms with Gasteiger partial charge in [-0.2, -0.15) is 5.10 Å². The molecule has 8 nitrogen and oxygen atoms in total. The van der Waals surface area contributed by atoms with Gasteiger partial charge in [0.15, 0.2) is 5.96 Å². The van der Waals surface area contributed by atoms with Gasteiger partial charge in [-0.1, -0.05) is 0 Å². The Morgan fingerprint density at radius 3 is 2.61 bits per heavy atom. The number of rotatable bonds is 4.